The normalized spacial score (nSPS) is 18.4. The number of hydrogen-bond donors (Lipinski definition) is 1. The summed E-state index contributed by atoms with van der Waals surface area (Å²) in [7, 11) is 0. The van der Waals surface area contributed by atoms with Crippen LogP contribution >= 0.6 is 0 Å². The molecule has 5 nitrogen and oxygen atoms in total. The van der Waals surface area contributed by atoms with Gasteiger partial charge in [0.15, 0.2) is 0 Å². The fourth-order valence-electron chi connectivity index (χ4n) is 6.56. The van der Waals surface area contributed by atoms with Crippen molar-refractivity contribution in [1.29, 1.82) is 0 Å². The standard InChI is InChI=1S/C32H37N5/c1-21-16-32(8-10-33-11-9-32)17-27-14-26(6-7-29(21)27)23(3)30-15-28(18-34-24(30)4)25(5)36-12-13-37-19-22(2)35-31(37)20-36/h6-7,14-15,18-19,33H,1,3,5,8-13,16-17,20H2,2,4H3. The summed E-state index contributed by atoms with van der Waals surface area (Å²) >= 11 is 0. The van der Waals surface area contributed by atoms with Crippen LogP contribution in [0.2, 0.25) is 0 Å². The predicted molar refractivity (Wildman–Crippen MR) is 152 cm³/mol. The number of benzene rings is 1. The third-order valence-electron chi connectivity index (χ3n) is 8.70. The van der Waals surface area contributed by atoms with Crippen LogP contribution in [0.3, 0.4) is 0 Å². The van der Waals surface area contributed by atoms with E-state index in [0.29, 0.717) is 5.41 Å². The molecule has 37 heavy (non-hydrogen) atoms. The molecule has 3 aromatic rings. The molecule has 0 amide bonds. The fourth-order valence-corrected chi connectivity index (χ4v) is 6.56. The van der Waals surface area contributed by atoms with Crippen LogP contribution in [0.15, 0.2) is 56.4 Å². The van der Waals surface area contributed by atoms with E-state index in [9.17, 15) is 0 Å². The van der Waals surface area contributed by atoms with Crippen molar-refractivity contribution in [1.82, 2.24) is 24.8 Å². The van der Waals surface area contributed by atoms with E-state index in [1.165, 1.54) is 35.1 Å². The lowest BCUT2D eigenvalue weighted by Crippen LogP contribution is -2.40. The maximum Gasteiger partial charge on any atom is 0.128 e. The Morgan fingerprint density at radius 2 is 1.84 bits per heavy atom. The summed E-state index contributed by atoms with van der Waals surface area (Å²) in [5.74, 6) is 1.09. The number of hydrogen-bond acceptors (Lipinski definition) is 4. The Morgan fingerprint density at radius 1 is 1.03 bits per heavy atom. The van der Waals surface area contributed by atoms with Crippen LogP contribution in [-0.2, 0) is 19.5 Å². The number of allylic oxidation sites excluding steroid dienone is 1. The van der Waals surface area contributed by atoms with E-state index >= 15 is 0 Å². The summed E-state index contributed by atoms with van der Waals surface area (Å²) in [5.41, 5.74) is 11.7. The SMILES string of the molecule is C=C1CC2(CCNCC2)Cc2cc(C(=C)c3cc(C(=C)N4CCn5cc(C)nc5C4)cnc3C)ccc21. The fraction of sp³-hybridized carbons (Fsp3) is 0.375. The summed E-state index contributed by atoms with van der Waals surface area (Å²) in [6.07, 6.45) is 8.76. The summed E-state index contributed by atoms with van der Waals surface area (Å²) in [4.78, 5) is 11.8. The van der Waals surface area contributed by atoms with Crippen molar-refractivity contribution in [3.63, 3.8) is 0 Å². The molecule has 1 N–H and O–H groups in total. The van der Waals surface area contributed by atoms with Crippen LogP contribution in [0.1, 0.15) is 64.3 Å². The van der Waals surface area contributed by atoms with E-state index in [4.69, 9.17) is 4.98 Å². The predicted octanol–water partition coefficient (Wildman–Crippen LogP) is 5.77. The molecule has 5 heteroatoms. The molecule has 2 aromatic heterocycles. The van der Waals surface area contributed by atoms with Crippen molar-refractivity contribution < 1.29 is 0 Å². The van der Waals surface area contributed by atoms with Gasteiger partial charge in [-0.15, -0.1) is 0 Å². The molecule has 1 aliphatic carbocycles. The second-order valence-corrected chi connectivity index (χ2v) is 11.3. The van der Waals surface area contributed by atoms with E-state index < -0.39 is 0 Å². The largest absolute Gasteiger partial charge is 0.362 e. The molecule has 1 saturated heterocycles. The molecule has 1 fully saturated rings. The van der Waals surface area contributed by atoms with Crippen molar-refractivity contribution in [2.75, 3.05) is 19.6 Å². The molecule has 1 aromatic carbocycles. The van der Waals surface area contributed by atoms with E-state index in [2.05, 4.69) is 83.8 Å². The topological polar surface area (TPSA) is 46.0 Å². The maximum absolute atomic E-state index is 4.77. The lowest BCUT2D eigenvalue weighted by molar-refractivity contribution is 0.201. The van der Waals surface area contributed by atoms with Gasteiger partial charge in [-0.2, -0.15) is 0 Å². The molecule has 4 heterocycles. The number of rotatable bonds is 4. The average molecular weight is 492 g/mol. The van der Waals surface area contributed by atoms with E-state index in [-0.39, 0.29) is 0 Å². The first kappa shape index (κ1) is 23.9. The number of piperidine rings is 1. The number of imidazole rings is 1. The highest BCUT2D eigenvalue weighted by Crippen LogP contribution is 2.47. The Kier molecular flexibility index (Phi) is 5.91. The highest BCUT2D eigenvalue weighted by molar-refractivity contribution is 5.82. The van der Waals surface area contributed by atoms with Gasteiger partial charge < -0.3 is 14.8 Å². The molecule has 0 saturated carbocycles. The smallest absolute Gasteiger partial charge is 0.128 e. The molecular formula is C32H37N5. The van der Waals surface area contributed by atoms with Crippen LogP contribution in [0, 0.1) is 19.3 Å². The lowest BCUT2D eigenvalue weighted by Gasteiger charge is -2.42. The summed E-state index contributed by atoms with van der Waals surface area (Å²) < 4.78 is 2.25. The summed E-state index contributed by atoms with van der Waals surface area (Å²) in [6.45, 7) is 22.4. The van der Waals surface area contributed by atoms with Gasteiger partial charge in [0.2, 0.25) is 0 Å². The van der Waals surface area contributed by atoms with Crippen LogP contribution in [0.4, 0.5) is 0 Å². The van der Waals surface area contributed by atoms with Gasteiger partial charge in [0.1, 0.15) is 5.82 Å². The molecule has 6 rings (SSSR count). The number of nitrogens with one attached hydrogen (secondary N) is 1. The molecule has 3 aliphatic rings. The second-order valence-electron chi connectivity index (χ2n) is 11.3. The van der Waals surface area contributed by atoms with Crippen LogP contribution < -0.4 is 5.32 Å². The molecule has 0 radical (unpaired) electrons. The molecule has 0 bridgehead atoms. The second kappa shape index (κ2) is 9.14. The first-order valence-electron chi connectivity index (χ1n) is 13.5. The Balaban J connectivity index is 1.27. The van der Waals surface area contributed by atoms with Gasteiger partial charge in [0.05, 0.1) is 12.2 Å². The third kappa shape index (κ3) is 4.36. The highest BCUT2D eigenvalue weighted by atomic mass is 15.2. The Bertz CT molecular complexity index is 1420. The van der Waals surface area contributed by atoms with E-state index in [1.807, 2.05) is 6.20 Å². The quantitative estimate of drug-likeness (QED) is 0.503. The van der Waals surface area contributed by atoms with Crippen molar-refractivity contribution in [3.05, 3.63) is 101 Å². The monoisotopic (exact) mass is 491 g/mol. The zero-order valence-corrected chi connectivity index (χ0v) is 22.2. The molecule has 1 spiro atoms. The zero-order valence-electron chi connectivity index (χ0n) is 22.2. The van der Waals surface area contributed by atoms with Crippen molar-refractivity contribution in [3.8, 4) is 0 Å². The highest BCUT2D eigenvalue weighted by Gasteiger charge is 2.37. The Morgan fingerprint density at radius 3 is 2.65 bits per heavy atom. The van der Waals surface area contributed by atoms with Crippen molar-refractivity contribution in [2.24, 2.45) is 5.41 Å². The Labute approximate surface area is 220 Å². The zero-order chi connectivity index (χ0) is 25.7. The first-order valence-corrected chi connectivity index (χ1v) is 13.5. The molecule has 2 aliphatic heterocycles. The van der Waals surface area contributed by atoms with Gasteiger partial charge in [-0.3, -0.25) is 4.98 Å². The number of aryl methyl sites for hydroxylation is 2. The average Bonchev–Trinajstić information content (AvgIpc) is 3.27. The van der Waals surface area contributed by atoms with Gasteiger partial charge in [0, 0.05) is 48.0 Å². The Hall–Kier alpha value is -3.44. The number of aromatic nitrogens is 3. The molecule has 0 atom stereocenters. The van der Waals surface area contributed by atoms with Crippen LogP contribution in [0.25, 0.3) is 16.8 Å². The minimum atomic E-state index is 0.353. The number of pyridine rings is 1. The first-order chi connectivity index (χ1) is 17.8. The number of fused-ring (bicyclic) bond motifs is 2. The number of nitrogens with zero attached hydrogens (tertiary/aromatic N) is 4. The van der Waals surface area contributed by atoms with E-state index in [0.717, 1.165) is 85.2 Å². The van der Waals surface area contributed by atoms with E-state index in [1.54, 1.807) is 0 Å². The minimum Gasteiger partial charge on any atom is -0.362 e. The van der Waals surface area contributed by atoms with Gasteiger partial charge in [-0.05, 0) is 91.9 Å². The summed E-state index contributed by atoms with van der Waals surface area (Å²) in [5, 5.41) is 3.53. The molecule has 0 unspecified atom stereocenters. The third-order valence-corrected chi connectivity index (χ3v) is 8.70. The van der Waals surface area contributed by atoms with Crippen molar-refractivity contribution >= 4 is 16.8 Å². The van der Waals surface area contributed by atoms with Crippen LogP contribution in [-0.4, -0.2) is 39.1 Å². The lowest BCUT2D eigenvalue weighted by atomic mass is 9.65. The minimum absolute atomic E-state index is 0.353. The van der Waals surface area contributed by atoms with Gasteiger partial charge in [0.25, 0.3) is 0 Å². The van der Waals surface area contributed by atoms with Gasteiger partial charge in [-0.25, -0.2) is 4.98 Å². The van der Waals surface area contributed by atoms with Crippen LogP contribution in [0.5, 0.6) is 0 Å². The summed E-state index contributed by atoms with van der Waals surface area (Å²) in [6, 6.07) is 9.04. The van der Waals surface area contributed by atoms with Gasteiger partial charge >= 0.3 is 0 Å². The molecular weight excluding hydrogens is 454 g/mol. The maximum atomic E-state index is 4.77. The van der Waals surface area contributed by atoms with Gasteiger partial charge in [-0.1, -0.05) is 37.9 Å². The molecule has 190 valence electrons. The van der Waals surface area contributed by atoms with Crippen molar-refractivity contribution in [2.45, 2.75) is 52.6 Å².